The van der Waals surface area contributed by atoms with Crippen LogP contribution in [0.3, 0.4) is 0 Å². The summed E-state index contributed by atoms with van der Waals surface area (Å²) in [5.74, 6) is 1.91. The molecule has 2 aliphatic heterocycles. The number of aliphatic imine (C=N–C) groups is 1. The third-order valence-corrected chi connectivity index (χ3v) is 5.08. The van der Waals surface area contributed by atoms with Crippen LogP contribution in [0.25, 0.3) is 0 Å². The zero-order valence-corrected chi connectivity index (χ0v) is 15.8. The van der Waals surface area contributed by atoms with E-state index in [2.05, 4.69) is 33.4 Å². The molecule has 1 saturated heterocycles. The summed E-state index contributed by atoms with van der Waals surface area (Å²) in [5.41, 5.74) is 2.63. The van der Waals surface area contributed by atoms with Crippen LogP contribution in [0.4, 0.5) is 0 Å². The summed E-state index contributed by atoms with van der Waals surface area (Å²) in [5, 5.41) is 3.45. The lowest BCUT2D eigenvalue weighted by molar-refractivity contribution is -0.149. The molecule has 0 radical (unpaired) electrons. The van der Waals surface area contributed by atoms with Gasteiger partial charge in [0, 0.05) is 33.1 Å². The monoisotopic (exact) mass is 359 g/mol. The number of nitrogens with one attached hydrogen (secondary N) is 1. The average molecular weight is 359 g/mol. The molecule has 0 amide bonds. The first-order valence-corrected chi connectivity index (χ1v) is 9.58. The normalized spacial score (nSPS) is 17.6. The highest BCUT2D eigenvalue weighted by Gasteiger charge is 2.27. The number of esters is 1. The summed E-state index contributed by atoms with van der Waals surface area (Å²) in [7, 11) is 1.81. The van der Waals surface area contributed by atoms with Gasteiger partial charge in [0.25, 0.3) is 0 Å². The molecule has 142 valence electrons. The van der Waals surface area contributed by atoms with Gasteiger partial charge in [-0.3, -0.25) is 9.79 Å². The Morgan fingerprint density at radius 2 is 2.19 bits per heavy atom. The summed E-state index contributed by atoms with van der Waals surface area (Å²) in [6.07, 6.45) is 3.61. The lowest BCUT2D eigenvalue weighted by Gasteiger charge is -2.33. The van der Waals surface area contributed by atoms with Crippen molar-refractivity contribution in [3.05, 3.63) is 29.3 Å². The van der Waals surface area contributed by atoms with Crippen molar-refractivity contribution in [2.45, 2.75) is 32.6 Å². The number of fused-ring (bicyclic) bond motifs is 1. The highest BCUT2D eigenvalue weighted by atomic mass is 16.5. The highest BCUT2D eigenvalue weighted by Crippen LogP contribution is 2.26. The molecule has 1 N–H and O–H groups in total. The van der Waals surface area contributed by atoms with Crippen LogP contribution in [-0.2, 0) is 22.4 Å². The highest BCUT2D eigenvalue weighted by molar-refractivity contribution is 5.80. The fourth-order valence-corrected chi connectivity index (χ4v) is 3.63. The summed E-state index contributed by atoms with van der Waals surface area (Å²) >= 11 is 0. The van der Waals surface area contributed by atoms with E-state index in [1.807, 2.05) is 14.0 Å². The molecule has 1 aromatic rings. The maximum absolute atomic E-state index is 11.9. The molecule has 2 aliphatic rings. The molecular formula is C20H29N3O3. The van der Waals surface area contributed by atoms with E-state index >= 15 is 0 Å². The van der Waals surface area contributed by atoms with E-state index in [-0.39, 0.29) is 11.9 Å². The Bertz CT molecular complexity index is 652. The summed E-state index contributed by atoms with van der Waals surface area (Å²) in [4.78, 5) is 18.5. The summed E-state index contributed by atoms with van der Waals surface area (Å²) in [6, 6.07) is 6.46. The SMILES string of the molecule is CCOC(=O)C1CCN(C(=NC)NCCc2ccc3c(c2)CCO3)CC1. The van der Waals surface area contributed by atoms with Crippen LogP contribution in [0.15, 0.2) is 23.2 Å². The predicted molar refractivity (Wildman–Crippen MR) is 102 cm³/mol. The van der Waals surface area contributed by atoms with Crippen LogP contribution in [0, 0.1) is 5.92 Å². The number of hydrogen-bond donors (Lipinski definition) is 1. The van der Waals surface area contributed by atoms with Crippen molar-refractivity contribution in [2.24, 2.45) is 10.9 Å². The molecule has 6 heteroatoms. The Morgan fingerprint density at radius 1 is 1.38 bits per heavy atom. The lowest BCUT2D eigenvalue weighted by Crippen LogP contribution is -2.47. The molecule has 2 heterocycles. The number of piperidine rings is 1. The van der Waals surface area contributed by atoms with E-state index in [4.69, 9.17) is 9.47 Å². The second-order valence-electron chi connectivity index (χ2n) is 6.78. The smallest absolute Gasteiger partial charge is 0.309 e. The van der Waals surface area contributed by atoms with Crippen molar-refractivity contribution >= 4 is 11.9 Å². The third kappa shape index (κ3) is 4.48. The molecule has 1 aromatic carbocycles. The Hall–Kier alpha value is -2.24. The molecular weight excluding hydrogens is 330 g/mol. The van der Waals surface area contributed by atoms with Gasteiger partial charge in [-0.05, 0) is 43.4 Å². The molecule has 0 unspecified atom stereocenters. The number of rotatable bonds is 5. The zero-order valence-electron chi connectivity index (χ0n) is 15.8. The topological polar surface area (TPSA) is 63.2 Å². The quantitative estimate of drug-likeness (QED) is 0.495. The first-order valence-electron chi connectivity index (χ1n) is 9.58. The number of guanidine groups is 1. The van der Waals surface area contributed by atoms with E-state index in [9.17, 15) is 4.79 Å². The molecule has 0 saturated carbocycles. The molecule has 0 bridgehead atoms. The lowest BCUT2D eigenvalue weighted by atomic mass is 9.97. The number of ether oxygens (including phenoxy) is 2. The number of nitrogens with zero attached hydrogens (tertiary/aromatic N) is 2. The van der Waals surface area contributed by atoms with E-state index < -0.39 is 0 Å². The fourth-order valence-electron chi connectivity index (χ4n) is 3.63. The Labute approximate surface area is 155 Å². The molecule has 0 aromatic heterocycles. The maximum Gasteiger partial charge on any atom is 0.309 e. The third-order valence-electron chi connectivity index (χ3n) is 5.08. The molecule has 26 heavy (non-hydrogen) atoms. The molecule has 0 atom stereocenters. The van der Waals surface area contributed by atoms with Gasteiger partial charge in [-0.2, -0.15) is 0 Å². The fraction of sp³-hybridized carbons (Fsp3) is 0.600. The second kappa shape index (κ2) is 8.92. The maximum atomic E-state index is 11.9. The van der Waals surface area contributed by atoms with Crippen molar-refractivity contribution in [3.63, 3.8) is 0 Å². The average Bonchev–Trinajstić information content (AvgIpc) is 3.13. The van der Waals surface area contributed by atoms with Crippen molar-refractivity contribution in [3.8, 4) is 5.75 Å². The minimum Gasteiger partial charge on any atom is -0.493 e. The Morgan fingerprint density at radius 3 is 2.92 bits per heavy atom. The molecule has 1 fully saturated rings. The van der Waals surface area contributed by atoms with Crippen molar-refractivity contribution in [1.82, 2.24) is 10.2 Å². The van der Waals surface area contributed by atoms with Gasteiger partial charge in [-0.15, -0.1) is 0 Å². The first kappa shape index (κ1) is 18.5. The number of benzene rings is 1. The standard InChI is InChI=1S/C20H29N3O3/c1-3-25-19(24)16-7-11-23(12-8-16)20(21-2)22-10-6-15-4-5-18-17(14-15)9-13-26-18/h4-5,14,16H,3,6-13H2,1-2H3,(H,21,22). The first-order chi connectivity index (χ1) is 12.7. The van der Waals surface area contributed by atoms with Gasteiger partial charge in [0.1, 0.15) is 5.75 Å². The van der Waals surface area contributed by atoms with E-state index in [0.29, 0.717) is 6.61 Å². The number of carbonyl (C=O) groups excluding carboxylic acids is 1. The van der Waals surface area contributed by atoms with Crippen LogP contribution in [0.1, 0.15) is 30.9 Å². The summed E-state index contributed by atoms with van der Waals surface area (Å²) in [6.45, 7) is 5.61. The van der Waals surface area contributed by atoms with Crippen LogP contribution < -0.4 is 10.1 Å². The van der Waals surface area contributed by atoms with Crippen molar-refractivity contribution in [2.75, 3.05) is 39.9 Å². The van der Waals surface area contributed by atoms with Gasteiger partial charge < -0.3 is 19.7 Å². The number of hydrogen-bond acceptors (Lipinski definition) is 4. The van der Waals surface area contributed by atoms with E-state index in [1.165, 1.54) is 11.1 Å². The molecule has 3 rings (SSSR count). The minimum absolute atomic E-state index is 0.0259. The van der Waals surface area contributed by atoms with Gasteiger partial charge in [-0.1, -0.05) is 12.1 Å². The van der Waals surface area contributed by atoms with E-state index in [1.54, 1.807) is 0 Å². The van der Waals surface area contributed by atoms with Crippen LogP contribution in [0.2, 0.25) is 0 Å². The molecule has 0 aliphatic carbocycles. The second-order valence-corrected chi connectivity index (χ2v) is 6.78. The van der Waals surface area contributed by atoms with E-state index in [0.717, 1.165) is 63.6 Å². The predicted octanol–water partition coefficient (Wildman–Crippen LogP) is 2.01. The number of carbonyl (C=O) groups is 1. The minimum atomic E-state index is -0.0596. The summed E-state index contributed by atoms with van der Waals surface area (Å²) < 4.78 is 10.7. The van der Waals surface area contributed by atoms with Gasteiger partial charge in [0.15, 0.2) is 5.96 Å². The van der Waals surface area contributed by atoms with Crippen LogP contribution >= 0.6 is 0 Å². The Kier molecular flexibility index (Phi) is 6.36. The van der Waals surface area contributed by atoms with Crippen molar-refractivity contribution < 1.29 is 14.3 Å². The molecule has 6 nitrogen and oxygen atoms in total. The van der Waals surface area contributed by atoms with Gasteiger partial charge in [-0.25, -0.2) is 0 Å². The number of likely N-dealkylation sites (tertiary alicyclic amines) is 1. The zero-order chi connectivity index (χ0) is 18.4. The van der Waals surface area contributed by atoms with Gasteiger partial charge in [0.2, 0.25) is 0 Å². The van der Waals surface area contributed by atoms with Gasteiger partial charge in [0.05, 0.1) is 19.1 Å². The van der Waals surface area contributed by atoms with Crippen LogP contribution in [0.5, 0.6) is 5.75 Å². The molecule has 0 spiro atoms. The van der Waals surface area contributed by atoms with Crippen LogP contribution in [-0.4, -0.2) is 56.7 Å². The largest absolute Gasteiger partial charge is 0.493 e. The van der Waals surface area contributed by atoms with Crippen molar-refractivity contribution in [1.29, 1.82) is 0 Å². The Balaban J connectivity index is 1.44. The van der Waals surface area contributed by atoms with Gasteiger partial charge >= 0.3 is 5.97 Å².